The largest absolute Gasteiger partial charge is 0.354 e. The van der Waals surface area contributed by atoms with Crippen molar-refractivity contribution in [3.05, 3.63) is 59.5 Å². The molecule has 1 aromatic carbocycles. The monoisotopic (exact) mass is 356 g/mol. The molecule has 0 atom stereocenters. The molecule has 0 bridgehead atoms. The standard InChI is InChI=1S/C20H25FN4O/c1-2-24-11-13-25(14-12-24)19-8-7-17(15-23-19)20(26)22-10-9-16-5-3-4-6-18(16)21/h3-8,15H,2,9-14H2,1H3,(H,22,26). The molecule has 6 heteroatoms. The van der Waals surface area contributed by atoms with Crippen molar-refractivity contribution in [2.75, 3.05) is 44.2 Å². The number of likely N-dealkylation sites (N-methyl/N-ethyl adjacent to an activating group) is 1. The minimum atomic E-state index is -0.240. The molecule has 0 saturated carbocycles. The second-order valence-electron chi connectivity index (χ2n) is 6.42. The minimum Gasteiger partial charge on any atom is -0.354 e. The molecule has 0 aliphatic carbocycles. The molecule has 2 heterocycles. The van der Waals surface area contributed by atoms with E-state index in [1.165, 1.54) is 6.07 Å². The Morgan fingerprint density at radius 3 is 2.58 bits per heavy atom. The fourth-order valence-electron chi connectivity index (χ4n) is 3.11. The van der Waals surface area contributed by atoms with E-state index >= 15 is 0 Å². The average molecular weight is 356 g/mol. The van der Waals surface area contributed by atoms with E-state index in [-0.39, 0.29) is 11.7 Å². The Kier molecular flexibility index (Phi) is 6.17. The van der Waals surface area contributed by atoms with Crippen molar-refractivity contribution < 1.29 is 9.18 Å². The second kappa shape index (κ2) is 8.76. The van der Waals surface area contributed by atoms with Crippen molar-refractivity contribution in [3.63, 3.8) is 0 Å². The van der Waals surface area contributed by atoms with Gasteiger partial charge in [-0.3, -0.25) is 4.79 Å². The number of nitrogens with one attached hydrogen (secondary N) is 1. The third-order valence-electron chi connectivity index (χ3n) is 4.79. The van der Waals surface area contributed by atoms with Crippen LogP contribution in [0.2, 0.25) is 0 Å². The summed E-state index contributed by atoms with van der Waals surface area (Å²) in [6, 6.07) is 10.3. The van der Waals surface area contributed by atoms with Crippen molar-refractivity contribution >= 4 is 11.7 Å². The summed E-state index contributed by atoms with van der Waals surface area (Å²) < 4.78 is 13.6. The molecule has 1 amide bonds. The Hall–Kier alpha value is -2.47. The van der Waals surface area contributed by atoms with Crippen LogP contribution in [0.4, 0.5) is 10.2 Å². The maximum absolute atomic E-state index is 13.6. The van der Waals surface area contributed by atoms with E-state index in [2.05, 4.69) is 27.0 Å². The lowest BCUT2D eigenvalue weighted by Gasteiger charge is -2.34. The Bertz CT molecular complexity index is 727. The van der Waals surface area contributed by atoms with Crippen LogP contribution in [-0.2, 0) is 6.42 Å². The van der Waals surface area contributed by atoms with Gasteiger partial charge in [-0.1, -0.05) is 25.1 Å². The summed E-state index contributed by atoms with van der Waals surface area (Å²) in [5.74, 6) is 0.482. The van der Waals surface area contributed by atoms with E-state index in [0.717, 1.165) is 38.5 Å². The van der Waals surface area contributed by atoms with Crippen LogP contribution in [0, 0.1) is 5.82 Å². The minimum absolute atomic E-state index is 0.184. The average Bonchev–Trinajstić information content (AvgIpc) is 2.69. The number of nitrogens with zero attached hydrogens (tertiary/aromatic N) is 3. The molecule has 0 unspecified atom stereocenters. The van der Waals surface area contributed by atoms with Crippen LogP contribution in [0.3, 0.4) is 0 Å². The molecule has 1 saturated heterocycles. The zero-order valence-electron chi connectivity index (χ0n) is 15.1. The van der Waals surface area contributed by atoms with Crippen LogP contribution >= 0.6 is 0 Å². The van der Waals surface area contributed by atoms with Crippen molar-refractivity contribution in [2.45, 2.75) is 13.3 Å². The number of piperazine rings is 1. The highest BCUT2D eigenvalue weighted by Gasteiger charge is 2.17. The van der Waals surface area contributed by atoms with Crippen molar-refractivity contribution in [3.8, 4) is 0 Å². The number of anilines is 1. The summed E-state index contributed by atoms with van der Waals surface area (Å²) in [4.78, 5) is 21.3. The topological polar surface area (TPSA) is 48.5 Å². The Labute approximate surface area is 153 Å². The molecule has 0 radical (unpaired) electrons. The van der Waals surface area contributed by atoms with Gasteiger partial charge in [-0.25, -0.2) is 9.37 Å². The first-order valence-electron chi connectivity index (χ1n) is 9.12. The SMILES string of the molecule is CCN1CCN(c2ccc(C(=O)NCCc3ccccc3F)cn2)CC1. The van der Waals surface area contributed by atoms with E-state index in [4.69, 9.17) is 0 Å². The second-order valence-corrected chi connectivity index (χ2v) is 6.42. The number of aromatic nitrogens is 1. The van der Waals surface area contributed by atoms with Gasteiger partial charge < -0.3 is 15.1 Å². The molecule has 138 valence electrons. The highest BCUT2D eigenvalue weighted by Crippen LogP contribution is 2.14. The first kappa shape index (κ1) is 18.3. The van der Waals surface area contributed by atoms with Crippen LogP contribution in [0.1, 0.15) is 22.8 Å². The number of benzene rings is 1. The molecular formula is C20H25FN4O. The van der Waals surface area contributed by atoms with Crippen LogP contribution in [0.25, 0.3) is 0 Å². The van der Waals surface area contributed by atoms with Crippen molar-refractivity contribution in [2.24, 2.45) is 0 Å². The smallest absolute Gasteiger partial charge is 0.252 e. The molecule has 2 aromatic rings. The van der Waals surface area contributed by atoms with E-state index < -0.39 is 0 Å². The van der Waals surface area contributed by atoms with Crippen LogP contribution in [-0.4, -0.2) is 55.1 Å². The van der Waals surface area contributed by atoms with Gasteiger partial charge in [-0.15, -0.1) is 0 Å². The quantitative estimate of drug-likeness (QED) is 0.863. The highest BCUT2D eigenvalue weighted by atomic mass is 19.1. The van der Waals surface area contributed by atoms with Crippen molar-refractivity contribution in [1.82, 2.24) is 15.2 Å². The fourth-order valence-corrected chi connectivity index (χ4v) is 3.11. The number of hydrogen-bond donors (Lipinski definition) is 1. The van der Waals surface area contributed by atoms with Crippen LogP contribution in [0.5, 0.6) is 0 Å². The van der Waals surface area contributed by atoms with Gasteiger partial charge in [0.1, 0.15) is 11.6 Å². The highest BCUT2D eigenvalue weighted by molar-refractivity contribution is 5.94. The van der Waals surface area contributed by atoms with Crippen LogP contribution < -0.4 is 10.2 Å². The van der Waals surface area contributed by atoms with Crippen LogP contribution in [0.15, 0.2) is 42.6 Å². The predicted molar refractivity (Wildman–Crippen MR) is 101 cm³/mol. The molecule has 1 aliphatic heterocycles. The van der Waals surface area contributed by atoms with E-state index in [1.54, 1.807) is 30.5 Å². The van der Waals surface area contributed by atoms with Gasteiger partial charge in [0.25, 0.3) is 5.91 Å². The third kappa shape index (κ3) is 4.58. The van der Waals surface area contributed by atoms with Gasteiger partial charge in [-0.2, -0.15) is 0 Å². The number of rotatable bonds is 6. The number of halogens is 1. The Morgan fingerprint density at radius 2 is 1.92 bits per heavy atom. The molecule has 3 rings (SSSR count). The van der Waals surface area contributed by atoms with Gasteiger partial charge in [0.15, 0.2) is 0 Å². The normalized spacial score (nSPS) is 15.1. The van der Waals surface area contributed by atoms with Gasteiger partial charge in [0.2, 0.25) is 0 Å². The summed E-state index contributed by atoms with van der Waals surface area (Å²) in [6.07, 6.45) is 2.07. The summed E-state index contributed by atoms with van der Waals surface area (Å²) in [6.45, 7) is 7.62. The molecular weight excluding hydrogens is 331 g/mol. The first-order valence-corrected chi connectivity index (χ1v) is 9.12. The summed E-state index contributed by atoms with van der Waals surface area (Å²) in [7, 11) is 0. The molecule has 1 N–H and O–H groups in total. The third-order valence-corrected chi connectivity index (χ3v) is 4.79. The summed E-state index contributed by atoms with van der Waals surface area (Å²) in [5, 5.41) is 2.82. The zero-order valence-corrected chi connectivity index (χ0v) is 15.1. The lowest BCUT2D eigenvalue weighted by atomic mass is 10.1. The van der Waals surface area contributed by atoms with Gasteiger partial charge in [0.05, 0.1) is 5.56 Å². The van der Waals surface area contributed by atoms with Gasteiger partial charge in [-0.05, 0) is 36.7 Å². The first-order chi connectivity index (χ1) is 12.7. The number of amides is 1. The maximum atomic E-state index is 13.6. The number of hydrogen-bond acceptors (Lipinski definition) is 4. The molecule has 0 spiro atoms. The lowest BCUT2D eigenvalue weighted by Crippen LogP contribution is -2.46. The van der Waals surface area contributed by atoms with Crippen molar-refractivity contribution in [1.29, 1.82) is 0 Å². The molecule has 1 aliphatic rings. The van der Waals surface area contributed by atoms with E-state index in [0.29, 0.717) is 24.1 Å². The number of pyridine rings is 1. The summed E-state index contributed by atoms with van der Waals surface area (Å²) in [5.41, 5.74) is 1.13. The Morgan fingerprint density at radius 1 is 1.15 bits per heavy atom. The molecule has 1 fully saturated rings. The summed E-state index contributed by atoms with van der Waals surface area (Å²) >= 11 is 0. The Balaban J connectivity index is 1.50. The number of carbonyl (C=O) groups excluding carboxylic acids is 1. The zero-order chi connectivity index (χ0) is 18.4. The maximum Gasteiger partial charge on any atom is 0.252 e. The van der Waals surface area contributed by atoms with E-state index in [1.807, 2.05) is 6.07 Å². The fraction of sp³-hybridized carbons (Fsp3) is 0.400. The van der Waals surface area contributed by atoms with Gasteiger partial charge in [0, 0.05) is 38.9 Å². The molecule has 1 aromatic heterocycles. The van der Waals surface area contributed by atoms with E-state index in [9.17, 15) is 9.18 Å². The molecule has 26 heavy (non-hydrogen) atoms. The lowest BCUT2D eigenvalue weighted by molar-refractivity contribution is 0.0953. The molecule has 5 nitrogen and oxygen atoms in total. The predicted octanol–water partition coefficient (Wildman–Crippen LogP) is 2.34. The van der Waals surface area contributed by atoms with Gasteiger partial charge >= 0.3 is 0 Å². The number of carbonyl (C=O) groups is 1.